The Morgan fingerprint density at radius 2 is 2.00 bits per heavy atom. The molecular weight excluding hydrogens is 423 g/mol. The van der Waals surface area contributed by atoms with Crippen molar-refractivity contribution >= 4 is 39.1 Å². The SMILES string of the molecule is O=C(c1nc2ccc(Br)cn2c1F)N1CCC(c2ccc(Cl)cn2)CC1. The van der Waals surface area contributed by atoms with Crippen molar-refractivity contribution in [1.29, 1.82) is 0 Å². The van der Waals surface area contributed by atoms with E-state index in [-0.39, 0.29) is 17.5 Å². The highest BCUT2D eigenvalue weighted by Gasteiger charge is 2.29. The first kappa shape index (κ1) is 17.4. The second kappa shape index (κ2) is 6.96. The molecule has 134 valence electrons. The predicted octanol–water partition coefficient (Wildman–Crippen LogP) is 4.30. The third kappa shape index (κ3) is 3.21. The predicted molar refractivity (Wildman–Crippen MR) is 100.0 cm³/mol. The molecular formula is C18H15BrClFN4O. The summed E-state index contributed by atoms with van der Waals surface area (Å²) < 4.78 is 16.6. The number of carbonyl (C=O) groups excluding carboxylic acids is 1. The number of aromatic nitrogens is 3. The summed E-state index contributed by atoms with van der Waals surface area (Å²) in [5.41, 5.74) is 1.26. The van der Waals surface area contributed by atoms with Crippen LogP contribution in [0.1, 0.15) is 34.9 Å². The zero-order chi connectivity index (χ0) is 18.3. The molecule has 1 aliphatic heterocycles. The van der Waals surface area contributed by atoms with Gasteiger partial charge in [-0.05, 0) is 53.0 Å². The van der Waals surface area contributed by atoms with E-state index in [4.69, 9.17) is 11.6 Å². The molecule has 0 spiro atoms. The average molecular weight is 438 g/mol. The van der Waals surface area contributed by atoms with Crippen LogP contribution in [0.25, 0.3) is 5.65 Å². The highest BCUT2D eigenvalue weighted by molar-refractivity contribution is 9.10. The number of fused-ring (bicyclic) bond motifs is 1. The van der Waals surface area contributed by atoms with E-state index in [1.807, 2.05) is 12.1 Å². The molecule has 1 aliphatic rings. The van der Waals surface area contributed by atoms with Crippen LogP contribution < -0.4 is 0 Å². The largest absolute Gasteiger partial charge is 0.337 e. The lowest BCUT2D eigenvalue weighted by Crippen LogP contribution is -2.38. The summed E-state index contributed by atoms with van der Waals surface area (Å²) in [6.45, 7) is 1.09. The Labute approximate surface area is 162 Å². The molecule has 4 rings (SSSR count). The number of pyridine rings is 2. The summed E-state index contributed by atoms with van der Waals surface area (Å²) in [5.74, 6) is -0.726. The van der Waals surface area contributed by atoms with Crippen molar-refractivity contribution in [3.8, 4) is 0 Å². The Kier molecular flexibility index (Phi) is 4.67. The highest BCUT2D eigenvalue weighted by Crippen LogP contribution is 2.28. The molecule has 0 bridgehead atoms. The Morgan fingerprint density at radius 3 is 2.69 bits per heavy atom. The molecule has 0 unspecified atom stereocenters. The molecule has 8 heteroatoms. The summed E-state index contributed by atoms with van der Waals surface area (Å²) in [5, 5.41) is 0.607. The van der Waals surface area contributed by atoms with Crippen molar-refractivity contribution in [2.45, 2.75) is 18.8 Å². The number of amides is 1. The monoisotopic (exact) mass is 436 g/mol. The van der Waals surface area contributed by atoms with Crippen molar-refractivity contribution in [3.05, 3.63) is 63.5 Å². The first-order chi connectivity index (χ1) is 12.5. The fourth-order valence-electron chi connectivity index (χ4n) is 3.28. The van der Waals surface area contributed by atoms with Crippen LogP contribution in [-0.4, -0.2) is 38.3 Å². The normalized spacial score (nSPS) is 15.6. The van der Waals surface area contributed by atoms with Gasteiger partial charge in [-0.2, -0.15) is 4.39 Å². The number of piperidine rings is 1. The van der Waals surface area contributed by atoms with E-state index >= 15 is 0 Å². The first-order valence-electron chi connectivity index (χ1n) is 8.27. The molecule has 0 atom stereocenters. The molecule has 0 N–H and O–H groups in total. The van der Waals surface area contributed by atoms with Gasteiger partial charge in [-0.25, -0.2) is 4.98 Å². The zero-order valence-electron chi connectivity index (χ0n) is 13.7. The molecule has 26 heavy (non-hydrogen) atoms. The first-order valence-corrected chi connectivity index (χ1v) is 9.44. The van der Waals surface area contributed by atoms with E-state index in [0.717, 1.165) is 23.0 Å². The van der Waals surface area contributed by atoms with Gasteiger partial charge in [-0.1, -0.05) is 11.6 Å². The van der Waals surface area contributed by atoms with Gasteiger partial charge in [0.25, 0.3) is 5.91 Å². The van der Waals surface area contributed by atoms with Crippen LogP contribution >= 0.6 is 27.5 Å². The minimum atomic E-state index is -0.632. The van der Waals surface area contributed by atoms with Crippen LogP contribution in [0.5, 0.6) is 0 Å². The average Bonchev–Trinajstić information content (AvgIpc) is 2.98. The lowest BCUT2D eigenvalue weighted by atomic mass is 9.93. The van der Waals surface area contributed by atoms with E-state index in [1.54, 1.807) is 29.4 Å². The number of hydrogen-bond donors (Lipinski definition) is 0. The van der Waals surface area contributed by atoms with Gasteiger partial charge < -0.3 is 4.90 Å². The molecule has 5 nitrogen and oxygen atoms in total. The maximum absolute atomic E-state index is 14.6. The van der Waals surface area contributed by atoms with Gasteiger partial charge in [0.1, 0.15) is 5.65 Å². The molecule has 1 amide bonds. The summed E-state index contributed by atoms with van der Waals surface area (Å²) in [6.07, 6.45) is 4.76. The molecule has 4 heterocycles. The third-order valence-electron chi connectivity index (χ3n) is 4.68. The highest BCUT2D eigenvalue weighted by atomic mass is 79.9. The molecule has 3 aromatic heterocycles. The summed E-state index contributed by atoms with van der Waals surface area (Å²) in [7, 11) is 0. The lowest BCUT2D eigenvalue weighted by molar-refractivity contribution is 0.0701. The Hall–Kier alpha value is -1.99. The van der Waals surface area contributed by atoms with Crippen LogP contribution in [-0.2, 0) is 0 Å². The fraction of sp³-hybridized carbons (Fsp3) is 0.278. The Bertz CT molecular complexity index is 967. The van der Waals surface area contributed by atoms with E-state index in [0.29, 0.717) is 23.8 Å². The molecule has 0 aromatic carbocycles. The molecule has 0 aliphatic carbocycles. The van der Waals surface area contributed by atoms with Crippen LogP contribution in [0.4, 0.5) is 4.39 Å². The van der Waals surface area contributed by atoms with Crippen molar-refractivity contribution in [3.63, 3.8) is 0 Å². The van der Waals surface area contributed by atoms with E-state index in [1.165, 1.54) is 4.40 Å². The summed E-state index contributed by atoms with van der Waals surface area (Å²) in [4.78, 5) is 22.9. The van der Waals surface area contributed by atoms with E-state index < -0.39 is 5.95 Å². The third-order valence-corrected chi connectivity index (χ3v) is 5.37. The Morgan fingerprint density at radius 1 is 1.23 bits per heavy atom. The molecule has 0 radical (unpaired) electrons. The van der Waals surface area contributed by atoms with Gasteiger partial charge >= 0.3 is 0 Å². The van der Waals surface area contributed by atoms with Crippen molar-refractivity contribution in [2.24, 2.45) is 0 Å². The smallest absolute Gasteiger partial charge is 0.277 e. The van der Waals surface area contributed by atoms with Gasteiger partial charge in [-0.15, -0.1) is 0 Å². The van der Waals surface area contributed by atoms with Crippen LogP contribution in [0.2, 0.25) is 5.02 Å². The molecule has 1 fully saturated rings. The second-order valence-corrected chi connectivity index (χ2v) is 7.65. The number of halogens is 3. The molecule has 1 saturated heterocycles. The Balaban J connectivity index is 1.50. The maximum atomic E-state index is 14.6. The van der Waals surface area contributed by atoms with E-state index in [2.05, 4.69) is 25.9 Å². The van der Waals surface area contributed by atoms with Crippen molar-refractivity contribution in [2.75, 3.05) is 13.1 Å². The topological polar surface area (TPSA) is 50.5 Å². The number of carbonyl (C=O) groups is 1. The molecule has 3 aromatic rings. The zero-order valence-corrected chi connectivity index (χ0v) is 16.0. The van der Waals surface area contributed by atoms with Crippen LogP contribution in [0.15, 0.2) is 41.1 Å². The number of rotatable bonds is 2. The van der Waals surface area contributed by atoms with Gasteiger partial charge in [0.15, 0.2) is 5.69 Å². The number of likely N-dealkylation sites (tertiary alicyclic amines) is 1. The second-order valence-electron chi connectivity index (χ2n) is 6.29. The standard InChI is InChI=1S/C18H15BrClFN4O/c19-12-1-4-15-23-16(17(21)25(15)10-12)18(26)24-7-5-11(6-8-24)14-3-2-13(20)9-22-14/h1-4,9-11H,5-8H2. The lowest BCUT2D eigenvalue weighted by Gasteiger charge is -2.31. The van der Waals surface area contributed by atoms with Gasteiger partial charge in [0, 0.05) is 41.6 Å². The minimum Gasteiger partial charge on any atom is -0.337 e. The van der Waals surface area contributed by atoms with E-state index in [9.17, 15) is 9.18 Å². The minimum absolute atomic E-state index is 0.133. The maximum Gasteiger partial charge on any atom is 0.277 e. The van der Waals surface area contributed by atoms with Crippen LogP contribution in [0, 0.1) is 5.95 Å². The summed E-state index contributed by atoms with van der Waals surface area (Å²) in [6, 6.07) is 7.18. The number of nitrogens with zero attached hydrogens (tertiary/aromatic N) is 4. The van der Waals surface area contributed by atoms with Gasteiger partial charge in [0.05, 0.1) is 5.02 Å². The van der Waals surface area contributed by atoms with Crippen molar-refractivity contribution < 1.29 is 9.18 Å². The number of imidazole rings is 1. The quantitative estimate of drug-likeness (QED) is 0.600. The van der Waals surface area contributed by atoms with Crippen molar-refractivity contribution in [1.82, 2.24) is 19.3 Å². The van der Waals surface area contributed by atoms with Crippen LogP contribution in [0.3, 0.4) is 0 Å². The fourth-order valence-corrected chi connectivity index (χ4v) is 3.73. The molecule has 0 saturated carbocycles. The summed E-state index contributed by atoms with van der Waals surface area (Å²) >= 11 is 9.18. The number of hydrogen-bond acceptors (Lipinski definition) is 3. The van der Waals surface area contributed by atoms with Gasteiger partial charge in [-0.3, -0.25) is 14.2 Å². The van der Waals surface area contributed by atoms with Gasteiger partial charge in [0.2, 0.25) is 5.95 Å².